The van der Waals surface area contributed by atoms with Crippen molar-refractivity contribution in [2.45, 2.75) is 25.7 Å². The van der Waals surface area contributed by atoms with E-state index in [1.165, 1.54) is 11.6 Å². The molecule has 1 unspecified atom stereocenters. The average molecular weight is 350 g/mol. The summed E-state index contributed by atoms with van der Waals surface area (Å²) in [5, 5.41) is 3.48. The van der Waals surface area contributed by atoms with Crippen LogP contribution in [0.3, 0.4) is 0 Å². The van der Waals surface area contributed by atoms with Crippen LogP contribution < -0.4 is 5.32 Å². The van der Waals surface area contributed by atoms with Gasteiger partial charge in [0.2, 0.25) is 0 Å². The van der Waals surface area contributed by atoms with Crippen molar-refractivity contribution in [2.24, 2.45) is 0 Å². The average Bonchev–Trinajstić information content (AvgIpc) is 2.51. The third-order valence-electron chi connectivity index (χ3n) is 3.59. The monoisotopic (exact) mass is 349 g/mol. The molecule has 0 aliphatic rings. The lowest BCUT2D eigenvalue weighted by Crippen LogP contribution is -2.23. The van der Waals surface area contributed by atoms with E-state index in [4.69, 9.17) is 0 Å². The zero-order chi connectivity index (χ0) is 15.1. The van der Waals surface area contributed by atoms with Crippen molar-refractivity contribution in [3.8, 4) is 0 Å². The van der Waals surface area contributed by atoms with Crippen LogP contribution in [0.15, 0.2) is 53.0 Å². The van der Waals surface area contributed by atoms with Crippen LogP contribution in [0.25, 0.3) is 0 Å². The van der Waals surface area contributed by atoms with E-state index >= 15 is 0 Å². The second-order valence-corrected chi connectivity index (χ2v) is 6.02. The fraction of sp³-hybridized carbons (Fsp3) is 0.333. The second-order valence-electron chi connectivity index (χ2n) is 5.23. The molecule has 2 aromatic carbocycles. The molecule has 0 aliphatic heterocycles. The van der Waals surface area contributed by atoms with Gasteiger partial charge in [0, 0.05) is 12.5 Å². The lowest BCUT2D eigenvalue weighted by atomic mass is 9.92. The molecule has 0 radical (unpaired) electrons. The molecule has 0 fully saturated rings. The molecule has 0 saturated carbocycles. The zero-order valence-electron chi connectivity index (χ0n) is 12.3. The van der Waals surface area contributed by atoms with Crippen LogP contribution in [0.1, 0.15) is 30.4 Å². The zero-order valence-corrected chi connectivity index (χ0v) is 13.9. The van der Waals surface area contributed by atoms with Gasteiger partial charge in [0.25, 0.3) is 0 Å². The highest BCUT2D eigenvalue weighted by Gasteiger charge is 2.15. The Hall–Kier alpha value is -1.19. The Balaban J connectivity index is 2.17. The molecule has 3 heteroatoms. The molecule has 21 heavy (non-hydrogen) atoms. The molecule has 0 saturated heterocycles. The Bertz CT molecular complexity index is 556. The smallest absolute Gasteiger partial charge is 0.137 e. The molecule has 2 rings (SSSR count). The molecule has 0 amide bonds. The Morgan fingerprint density at radius 3 is 2.57 bits per heavy atom. The number of nitrogens with one attached hydrogen (secondary N) is 1. The fourth-order valence-corrected chi connectivity index (χ4v) is 2.88. The van der Waals surface area contributed by atoms with E-state index in [1.807, 2.05) is 12.1 Å². The van der Waals surface area contributed by atoms with E-state index in [9.17, 15) is 4.39 Å². The van der Waals surface area contributed by atoms with Crippen molar-refractivity contribution in [3.05, 3.63) is 69.9 Å². The summed E-state index contributed by atoms with van der Waals surface area (Å²) in [4.78, 5) is 0. The molecule has 2 aromatic rings. The maximum Gasteiger partial charge on any atom is 0.137 e. The van der Waals surface area contributed by atoms with E-state index in [0.29, 0.717) is 10.4 Å². The van der Waals surface area contributed by atoms with Gasteiger partial charge in [-0.1, -0.05) is 49.4 Å². The van der Waals surface area contributed by atoms with Crippen molar-refractivity contribution in [1.29, 1.82) is 0 Å². The summed E-state index contributed by atoms with van der Waals surface area (Å²) in [6.07, 6.45) is 1.93. The summed E-state index contributed by atoms with van der Waals surface area (Å²) in [6.45, 7) is 4.07. The van der Waals surface area contributed by atoms with Crippen LogP contribution in [-0.2, 0) is 6.42 Å². The Kier molecular flexibility index (Phi) is 6.40. The molecular formula is C18H21BrFN. The predicted molar refractivity (Wildman–Crippen MR) is 90.1 cm³/mol. The summed E-state index contributed by atoms with van der Waals surface area (Å²) in [5.74, 6) is 0.150. The van der Waals surface area contributed by atoms with Gasteiger partial charge in [-0.3, -0.25) is 0 Å². The van der Waals surface area contributed by atoms with E-state index in [2.05, 4.69) is 52.4 Å². The van der Waals surface area contributed by atoms with Gasteiger partial charge in [0.05, 0.1) is 4.47 Å². The van der Waals surface area contributed by atoms with Crippen LogP contribution in [-0.4, -0.2) is 13.1 Å². The molecule has 0 aliphatic carbocycles. The standard InChI is InChI=1S/C18H21BrFN/c1-2-11-21-13-16(14-7-4-3-5-8-14)12-15-9-6-10-17(20)18(15)19/h3-10,16,21H,2,11-13H2,1H3. The lowest BCUT2D eigenvalue weighted by Gasteiger charge is -2.19. The van der Waals surface area contributed by atoms with Crippen LogP contribution in [0.4, 0.5) is 4.39 Å². The van der Waals surface area contributed by atoms with E-state index in [0.717, 1.165) is 31.5 Å². The number of hydrogen-bond acceptors (Lipinski definition) is 1. The molecular weight excluding hydrogens is 329 g/mol. The van der Waals surface area contributed by atoms with Crippen molar-refractivity contribution in [2.75, 3.05) is 13.1 Å². The summed E-state index contributed by atoms with van der Waals surface area (Å²) in [5.41, 5.74) is 2.31. The van der Waals surface area contributed by atoms with E-state index < -0.39 is 0 Å². The third kappa shape index (κ3) is 4.65. The van der Waals surface area contributed by atoms with Crippen molar-refractivity contribution in [1.82, 2.24) is 5.32 Å². The van der Waals surface area contributed by atoms with Gasteiger partial charge in [0.1, 0.15) is 5.82 Å². The maximum atomic E-state index is 13.7. The van der Waals surface area contributed by atoms with E-state index in [-0.39, 0.29) is 5.82 Å². The first-order valence-corrected chi connectivity index (χ1v) is 8.20. The minimum absolute atomic E-state index is 0.194. The van der Waals surface area contributed by atoms with Gasteiger partial charge in [-0.2, -0.15) is 0 Å². The highest BCUT2D eigenvalue weighted by atomic mass is 79.9. The number of hydrogen-bond donors (Lipinski definition) is 1. The normalized spacial score (nSPS) is 12.3. The molecule has 0 aromatic heterocycles. The largest absolute Gasteiger partial charge is 0.316 e. The highest BCUT2D eigenvalue weighted by Crippen LogP contribution is 2.27. The van der Waals surface area contributed by atoms with Gasteiger partial charge in [-0.05, 0) is 52.5 Å². The predicted octanol–water partition coefficient (Wildman–Crippen LogP) is 4.91. The Morgan fingerprint density at radius 2 is 1.86 bits per heavy atom. The van der Waals surface area contributed by atoms with Crippen molar-refractivity contribution in [3.63, 3.8) is 0 Å². The summed E-state index contributed by atoms with van der Waals surface area (Å²) >= 11 is 3.37. The van der Waals surface area contributed by atoms with Gasteiger partial charge in [0.15, 0.2) is 0 Å². The number of rotatable bonds is 7. The third-order valence-corrected chi connectivity index (χ3v) is 4.47. The van der Waals surface area contributed by atoms with Crippen LogP contribution >= 0.6 is 15.9 Å². The van der Waals surface area contributed by atoms with Gasteiger partial charge < -0.3 is 5.32 Å². The van der Waals surface area contributed by atoms with Gasteiger partial charge in [-0.25, -0.2) is 4.39 Å². The first-order valence-electron chi connectivity index (χ1n) is 7.41. The summed E-state index contributed by atoms with van der Waals surface area (Å²) < 4.78 is 14.3. The van der Waals surface area contributed by atoms with Crippen molar-refractivity contribution < 1.29 is 4.39 Å². The summed E-state index contributed by atoms with van der Waals surface area (Å²) in [6, 6.07) is 15.7. The van der Waals surface area contributed by atoms with Crippen LogP contribution in [0.2, 0.25) is 0 Å². The first-order chi connectivity index (χ1) is 10.2. The molecule has 112 valence electrons. The molecule has 0 heterocycles. The minimum Gasteiger partial charge on any atom is -0.316 e. The first kappa shape index (κ1) is 16.2. The number of benzene rings is 2. The van der Waals surface area contributed by atoms with Gasteiger partial charge >= 0.3 is 0 Å². The highest BCUT2D eigenvalue weighted by molar-refractivity contribution is 9.10. The molecule has 1 N–H and O–H groups in total. The molecule has 0 bridgehead atoms. The Morgan fingerprint density at radius 1 is 1.10 bits per heavy atom. The van der Waals surface area contributed by atoms with E-state index in [1.54, 1.807) is 6.07 Å². The lowest BCUT2D eigenvalue weighted by molar-refractivity contribution is 0.571. The van der Waals surface area contributed by atoms with Crippen molar-refractivity contribution >= 4 is 15.9 Å². The molecule has 1 atom stereocenters. The second kappa shape index (κ2) is 8.30. The quantitative estimate of drug-likeness (QED) is 0.700. The van der Waals surface area contributed by atoms with Crippen LogP contribution in [0, 0.1) is 5.82 Å². The summed E-state index contributed by atoms with van der Waals surface area (Å²) in [7, 11) is 0. The van der Waals surface area contributed by atoms with Gasteiger partial charge in [-0.15, -0.1) is 0 Å². The SMILES string of the molecule is CCCNCC(Cc1cccc(F)c1Br)c1ccccc1. The molecule has 0 spiro atoms. The number of halogens is 2. The Labute approximate surface area is 134 Å². The minimum atomic E-state index is -0.194. The fourth-order valence-electron chi connectivity index (χ4n) is 2.46. The maximum absolute atomic E-state index is 13.7. The van der Waals surface area contributed by atoms with Crippen LogP contribution in [0.5, 0.6) is 0 Å². The molecule has 1 nitrogen and oxygen atoms in total. The topological polar surface area (TPSA) is 12.0 Å².